The van der Waals surface area contributed by atoms with Crippen LogP contribution >= 0.6 is 34.9 Å². The number of hydrogen-bond donors (Lipinski definition) is 4. The summed E-state index contributed by atoms with van der Waals surface area (Å²) >= 11 is 3.87. The Kier molecular flexibility index (Phi) is 11.6. The van der Waals surface area contributed by atoms with Crippen molar-refractivity contribution < 1.29 is 73.2 Å². The molecule has 6 rings (SSSR count). The molecule has 0 aliphatic carbocycles. The van der Waals surface area contributed by atoms with E-state index < -0.39 is 29.2 Å². The van der Waals surface area contributed by atoms with Crippen molar-refractivity contribution in [2.45, 2.75) is 36.4 Å². The third-order valence-corrected chi connectivity index (χ3v) is 10.5. The number of thioether (sulfide) groups is 2. The van der Waals surface area contributed by atoms with Crippen LogP contribution in [0, 0.1) is 0 Å². The number of carbonyl (C=O) groups is 3. The maximum absolute atomic E-state index is 13.4. The summed E-state index contributed by atoms with van der Waals surface area (Å²) in [7, 11) is 0. The van der Waals surface area contributed by atoms with E-state index in [2.05, 4.69) is 20.6 Å². The molecule has 2 amide bonds. The van der Waals surface area contributed by atoms with Gasteiger partial charge in [-0.2, -0.15) is 0 Å². The summed E-state index contributed by atoms with van der Waals surface area (Å²) in [6.07, 6.45) is 3.88. The van der Waals surface area contributed by atoms with Crippen molar-refractivity contribution in [1.82, 2.24) is 20.4 Å². The molecular weight excluding hydrogens is 706 g/mol. The molecule has 1 aromatic carbocycles. The zero-order valence-corrected chi connectivity index (χ0v) is 30.5. The van der Waals surface area contributed by atoms with Crippen LogP contribution < -0.4 is 50.3 Å². The molecule has 19 heteroatoms. The van der Waals surface area contributed by atoms with Crippen LogP contribution in [0.4, 0.5) is 5.13 Å². The largest absolute Gasteiger partial charge is 1.00 e. The number of aryl methyl sites for hydroxylation is 1. The van der Waals surface area contributed by atoms with Gasteiger partial charge in [-0.05, 0) is 30.7 Å². The van der Waals surface area contributed by atoms with Gasteiger partial charge in [-0.15, -0.1) is 34.9 Å². The van der Waals surface area contributed by atoms with Crippen molar-refractivity contribution in [1.29, 1.82) is 0 Å². The first-order chi connectivity index (χ1) is 23.1. The van der Waals surface area contributed by atoms with Gasteiger partial charge in [0, 0.05) is 45.5 Å². The third kappa shape index (κ3) is 7.89. The van der Waals surface area contributed by atoms with Crippen LogP contribution in [0.25, 0.3) is 11.3 Å². The number of amides is 2. The Morgan fingerprint density at radius 1 is 1.24 bits per heavy atom. The Hall–Kier alpha value is -4.07. The zero-order valence-electron chi connectivity index (χ0n) is 26.1. The fourth-order valence-corrected chi connectivity index (χ4v) is 7.79. The Morgan fingerprint density at radius 2 is 2.02 bits per heavy atom. The van der Waals surface area contributed by atoms with E-state index in [0.29, 0.717) is 28.3 Å². The molecule has 0 unspecified atom stereocenters. The number of oxime groups is 1. The number of nitrogens with two attached hydrogens (primary N) is 1. The average Bonchev–Trinajstić information content (AvgIpc) is 3.74. The summed E-state index contributed by atoms with van der Waals surface area (Å²) in [5, 5.41) is 43.0. The van der Waals surface area contributed by atoms with Crippen LogP contribution in [0.15, 0.2) is 80.0 Å². The van der Waals surface area contributed by atoms with E-state index in [1.807, 2.05) is 36.0 Å². The van der Waals surface area contributed by atoms with Gasteiger partial charge in [0.15, 0.2) is 47.1 Å². The minimum absolute atomic E-state index is 0. The second-order valence-electron chi connectivity index (χ2n) is 10.4. The summed E-state index contributed by atoms with van der Waals surface area (Å²) in [5.41, 5.74) is 6.83. The summed E-state index contributed by atoms with van der Waals surface area (Å²) in [6, 6.07) is 8.54. The molecule has 0 bridgehead atoms. The SMILES string of the molecule is CC[n+]1ccc(SCC2=C(C(=O)[O-])N3C(=O)[C@@H](NC(=O)/C(=N\OCc4cc(-c5ccc(O)c(O)c5)no4)c4csc(N)n4)[C@H]3SC2)cc1.[Na+]. The predicted molar refractivity (Wildman–Crippen MR) is 173 cm³/mol. The molecule has 248 valence electrons. The number of carboxylic acids is 1. The minimum atomic E-state index is -1.46. The van der Waals surface area contributed by atoms with Gasteiger partial charge in [0.2, 0.25) is 0 Å². The van der Waals surface area contributed by atoms with Crippen LogP contribution in [-0.2, 0) is 32.4 Å². The Labute approximate surface area is 313 Å². The van der Waals surface area contributed by atoms with E-state index in [9.17, 15) is 29.7 Å². The molecule has 2 aliphatic heterocycles. The molecule has 4 aromatic rings. The number of phenolic OH excluding ortho intramolecular Hbond substituents is 2. The molecule has 0 radical (unpaired) electrons. The van der Waals surface area contributed by atoms with Gasteiger partial charge in [-0.1, -0.05) is 10.3 Å². The van der Waals surface area contributed by atoms with Crippen LogP contribution in [0.5, 0.6) is 11.5 Å². The van der Waals surface area contributed by atoms with E-state index in [4.69, 9.17) is 15.1 Å². The van der Waals surface area contributed by atoms with Gasteiger partial charge in [0.1, 0.15) is 29.3 Å². The van der Waals surface area contributed by atoms with Gasteiger partial charge < -0.3 is 40.5 Å². The van der Waals surface area contributed by atoms with Crippen molar-refractivity contribution in [3.8, 4) is 22.8 Å². The maximum atomic E-state index is 13.4. The van der Waals surface area contributed by atoms with Gasteiger partial charge in [0.25, 0.3) is 11.8 Å². The molecule has 1 saturated heterocycles. The standard InChI is InChI=1S/C30H27N7O8S3.Na/c1-2-36-7-5-18(6-8-36)46-12-16-13-47-28-24(27(41)37(28)25(16)29(42)43)33-26(40)23(20-14-48-30(31)32-20)35-44-11-17-10-19(34-45-17)15-3-4-21(38)22(39)9-15;/h3-10,14,24,28H,2,11-13H2,1H3,(H5-,31,32,33,34,35,38,39,40,42,43);/q;+1/t24-,28-;/m1./s1. The second kappa shape index (κ2) is 15.6. The van der Waals surface area contributed by atoms with E-state index in [0.717, 1.165) is 27.7 Å². The van der Waals surface area contributed by atoms with E-state index in [1.165, 1.54) is 53.2 Å². The molecule has 15 nitrogen and oxygen atoms in total. The van der Waals surface area contributed by atoms with Gasteiger partial charge >= 0.3 is 29.6 Å². The molecule has 5 N–H and O–H groups in total. The molecule has 3 aromatic heterocycles. The number of anilines is 1. The number of nitrogens with one attached hydrogen (secondary N) is 1. The number of aliphatic carboxylic acids is 1. The van der Waals surface area contributed by atoms with Crippen molar-refractivity contribution >= 4 is 63.5 Å². The molecule has 5 heterocycles. The van der Waals surface area contributed by atoms with Crippen LogP contribution in [0.1, 0.15) is 18.4 Å². The number of benzene rings is 1. The average molecular weight is 733 g/mol. The Morgan fingerprint density at radius 3 is 2.69 bits per heavy atom. The zero-order chi connectivity index (χ0) is 33.9. The summed E-state index contributed by atoms with van der Waals surface area (Å²) in [6.45, 7) is 2.61. The molecule has 2 aliphatic rings. The molecule has 0 spiro atoms. The number of aromatic nitrogens is 3. The monoisotopic (exact) mass is 732 g/mol. The number of pyridine rings is 1. The first-order valence-corrected chi connectivity index (χ1v) is 17.2. The summed E-state index contributed by atoms with van der Waals surface area (Å²) in [5.74, 6) is -2.54. The van der Waals surface area contributed by atoms with Gasteiger partial charge in [0.05, 0.1) is 11.7 Å². The van der Waals surface area contributed by atoms with Gasteiger partial charge in [-0.3, -0.25) is 14.5 Å². The second-order valence-corrected chi connectivity index (χ2v) is 13.5. The van der Waals surface area contributed by atoms with Crippen molar-refractivity contribution in [3.63, 3.8) is 0 Å². The topological polar surface area (TPSA) is 220 Å². The number of carbonyl (C=O) groups excluding carboxylic acids is 3. The summed E-state index contributed by atoms with van der Waals surface area (Å²) in [4.78, 5) is 50.5. The number of rotatable bonds is 12. The van der Waals surface area contributed by atoms with Crippen LogP contribution in [0.2, 0.25) is 0 Å². The minimum Gasteiger partial charge on any atom is -0.543 e. The smallest absolute Gasteiger partial charge is 0.543 e. The van der Waals surface area contributed by atoms with Crippen molar-refractivity contribution in [2.24, 2.45) is 5.16 Å². The first kappa shape index (κ1) is 36.2. The molecule has 2 atom stereocenters. The molecule has 1 fully saturated rings. The third-order valence-electron chi connectivity index (χ3n) is 7.34. The first-order valence-electron chi connectivity index (χ1n) is 14.3. The van der Waals surface area contributed by atoms with Crippen molar-refractivity contribution in [2.75, 3.05) is 17.2 Å². The molecule has 0 saturated carbocycles. The van der Waals surface area contributed by atoms with Crippen LogP contribution in [-0.4, -0.2) is 71.7 Å². The fourth-order valence-electron chi connectivity index (χ4n) is 4.87. The molecule has 49 heavy (non-hydrogen) atoms. The van der Waals surface area contributed by atoms with E-state index in [1.54, 1.807) is 0 Å². The van der Waals surface area contributed by atoms with Crippen molar-refractivity contribution in [3.05, 3.63) is 76.9 Å². The predicted octanol–water partition coefficient (Wildman–Crippen LogP) is -1.78. The number of nitrogen functional groups attached to an aromatic ring is 1. The number of nitrogens with zero attached hydrogens (tertiary/aromatic N) is 5. The molecular formula is C30H27N7NaO8S3+. The number of β-lactam (4-membered cyclic amide) rings is 1. The van der Waals surface area contributed by atoms with Crippen LogP contribution in [0.3, 0.4) is 0 Å². The number of aromatic hydroxyl groups is 2. The summed E-state index contributed by atoms with van der Waals surface area (Å²) < 4.78 is 7.27. The number of phenols is 2. The Balaban J connectivity index is 0.00000468. The van der Waals surface area contributed by atoms with Gasteiger partial charge in [-0.25, -0.2) is 9.55 Å². The number of thiazole rings is 1. The number of fused-ring (bicyclic) bond motifs is 1. The van der Waals surface area contributed by atoms with E-state index in [-0.39, 0.29) is 75.7 Å². The van der Waals surface area contributed by atoms with E-state index >= 15 is 0 Å². The normalized spacial score (nSPS) is 17.2. The quantitative estimate of drug-likeness (QED) is 0.0241. The number of carboxylic acid groups (broad SMARTS) is 1. The Bertz CT molecular complexity index is 1950. The fraction of sp³-hybridized carbons (Fsp3) is 0.233. The number of hydrogen-bond acceptors (Lipinski definition) is 15. The maximum Gasteiger partial charge on any atom is 1.00 e.